The third-order valence-electron chi connectivity index (χ3n) is 1.67. The van der Waals surface area contributed by atoms with Crippen LogP contribution in [0.15, 0.2) is 10.7 Å². The van der Waals surface area contributed by atoms with Gasteiger partial charge in [-0.15, -0.1) is 0 Å². The molecule has 15 heavy (non-hydrogen) atoms. The normalized spacial score (nSPS) is 10.9. The summed E-state index contributed by atoms with van der Waals surface area (Å²) >= 11 is 0. The van der Waals surface area contributed by atoms with Crippen LogP contribution >= 0.6 is 0 Å². The Hall–Kier alpha value is -2.36. The minimum Gasteiger partial charge on any atom is -0.501 e. The molecule has 0 aliphatic carbocycles. The Morgan fingerprint density at radius 2 is 2.40 bits per heavy atom. The first-order valence-electron chi connectivity index (χ1n) is 3.90. The fourth-order valence-electron chi connectivity index (χ4n) is 1.02. The Bertz CT molecular complexity index is 455. The minimum absolute atomic E-state index is 0.0413. The van der Waals surface area contributed by atoms with Crippen LogP contribution < -0.4 is 0 Å². The van der Waals surface area contributed by atoms with Crippen LogP contribution in [0.3, 0.4) is 0 Å². The van der Waals surface area contributed by atoms with Crippen molar-refractivity contribution in [3.8, 4) is 0 Å². The molecule has 1 rings (SSSR count). The van der Waals surface area contributed by atoms with Crippen molar-refractivity contribution in [2.24, 2.45) is 0 Å². The van der Waals surface area contributed by atoms with E-state index >= 15 is 0 Å². The van der Waals surface area contributed by atoms with Crippen LogP contribution in [0.4, 0.5) is 0 Å². The van der Waals surface area contributed by atoms with Crippen LogP contribution in [0.1, 0.15) is 21.8 Å². The molecular formula is C8H8N3O4+. The Balaban J connectivity index is 3.28. The van der Waals surface area contributed by atoms with Crippen molar-refractivity contribution in [2.75, 3.05) is 7.11 Å². The van der Waals surface area contributed by atoms with E-state index in [4.69, 9.17) is 5.39 Å². The zero-order valence-corrected chi connectivity index (χ0v) is 8.09. The average Bonchev–Trinajstić information content (AvgIpc) is 2.59. The number of hydrogen-bond donors (Lipinski definition) is 1. The number of diazo groups is 1. The Morgan fingerprint density at radius 3 is 2.93 bits per heavy atom. The molecule has 7 heteroatoms. The average molecular weight is 210 g/mol. The fraction of sp³-hybridized carbons (Fsp3) is 0.250. The number of aliphatic hydroxyl groups is 1. The lowest BCUT2D eigenvalue weighted by molar-refractivity contribution is 0.0553. The number of ether oxygens (including phenoxy) is 1. The lowest BCUT2D eigenvalue weighted by Gasteiger charge is -1.95. The highest BCUT2D eigenvalue weighted by molar-refractivity contribution is 5.92. The number of methoxy groups -OCH3 is 1. The minimum atomic E-state index is -0.775. The quantitative estimate of drug-likeness (QED) is 0.450. The van der Waals surface area contributed by atoms with Crippen LogP contribution in [-0.4, -0.2) is 23.3 Å². The molecule has 0 aromatic carbocycles. The summed E-state index contributed by atoms with van der Waals surface area (Å²) < 4.78 is 9.08. The highest BCUT2D eigenvalue weighted by Crippen LogP contribution is 2.21. The van der Waals surface area contributed by atoms with Gasteiger partial charge in [0.25, 0.3) is 5.76 Å². The molecular weight excluding hydrogens is 202 g/mol. The smallest absolute Gasteiger partial charge is 0.392 e. The molecule has 1 heterocycles. The van der Waals surface area contributed by atoms with E-state index in [1.54, 1.807) is 0 Å². The van der Waals surface area contributed by atoms with Gasteiger partial charge in [0.15, 0.2) is 4.98 Å². The molecule has 78 valence electrons. The summed E-state index contributed by atoms with van der Waals surface area (Å²) in [6.45, 7) is 1.52. The van der Waals surface area contributed by atoms with E-state index < -0.39 is 11.7 Å². The molecule has 0 atom stereocenters. The zero-order valence-electron chi connectivity index (χ0n) is 8.09. The molecule has 0 fully saturated rings. The summed E-state index contributed by atoms with van der Waals surface area (Å²) in [6.07, 6.45) is 0.756. The van der Waals surface area contributed by atoms with Crippen LogP contribution in [0, 0.1) is 12.3 Å². The van der Waals surface area contributed by atoms with Gasteiger partial charge < -0.3 is 14.4 Å². The molecule has 0 aliphatic heterocycles. The summed E-state index contributed by atoms with van der Waals surface area (Å²) in [5, 5.41) is 21.1. The maximum Gasteiger partial charge on any atom is 0.392 e. The summed E-state index contributed by atoms with van der Waals surface area (Å²) in [5.74, 6) is -1.45. The number of esters is 1. The molecule has 0 radical (unpaired) electrons. The Labute approximate surface area is 84.6 Å². The van der Waals surface area contributed by atoms with Crippen molar-refractivity contribution in [3.63, 3.8) is 0 Å². The maximum atomic E-state index is 11.2. The van der Waals surface area contributed by atoms with Crippen molar-refractivity contribution in [3.05, 3.63) is 28.2 Å². The first-order chi connectivity index (χ1) is 7.11. The Morgan fingerprint density at radius 1 is 1.73 bits per heavy atom. The number of hydrogen-bond acceptors (Lipinski definition) is 6. The number of nitrogens with zero attached hydrogens (tertiary/aromatic N) is 3. The van der Waals surface area contributed by atoms with Crippen LogP contribution in [0.2, 0.25) is 0 Å². The van der Waals surface area contributed by atoms with Crippen molar-refractivity contribution < 1.29 is 19.2 Å². The first kappa shape index (κ1) is 10.7. The lowest BCUT2D eigenvalue weighted by atomic mass is 10.1. The predicted molar refractivity (Wildman–Crippen MR) is 48.3 cm³/mol. The number of carbonyl (C=O) groups is 1. The van der Waals surface area contributed by atoms with Gasteiger partial charge in [0.1, 0.15) is 5.56 Å². The molecule has 0 aliphatic rings. The van der Waals surface area contributed by atoms with Gasteiger partial charge in [0, 0.05) is 0 Å². The highest BCUT2D eigenvalue weighted by atomic mass is 16.5. The molecule has 0 bridgehead atoms. The SMILES string of the molecule is COC(=O)c1onc(C)c1/C(O)=C/[N+]#N. The molecule has 1 N–H and O–H groups in total. The second-order valence-electron chi connectivity index (χ2n) is 2.59. The third kappa shape index (κ3) is 1.94. The maximum absolute atomic E-state index is 11.2. The number of aromatic nitrogens is 1. The third-order valence-corrected chi connectivity index (χ3v) is 1.67. The van der Waals surface area contributed by atoms with Crippen LogP contribution in [-0.2, 0) is 4.74 Å². The summed E-state index contributed by atoms with van der Waals surface area (Å²) in [4.78, 5) is 13.8. The van der Waals surface area contributed by atoms with Crippen molar-refractivity contribution in [1.29, 1.82) is 5.39 Å². The summed E-state index contributed by atoms with van der Waals surface area (Å²) in [7, 11) is 1.17. The Kier molecular flexibility index (Phi) is 3.03. The second-order valence-corrected chi connectivity index (χ2v) is 2.59. The van der Waals surface area contributed by atoms with E-state index in [1.807, 2.05) is 0 Å². The number of carbonyl (C=O) groups excluding carboxylic acids is 1. The van der Waals surface area contributed by atoms with Gasteiger partial charge in [-0.1, -0.05) is 5.16 Å². The van der Waals surface area contributed by atoms with E-state index in [-0.39, 0.29) is 17.0 Å². The predicted octanol–water partition coefficient (Wildman–Crippen LogP) is 1.48. The standard InChI is InChI=1S/C8H7N3O4/c1-4-6(5(12)3-10-9)7(15-11-4)8(13)14-2/h3H,1-2H3/p+1/b5-3-. The zero-order chi connectivity index (χ0) is 11.4. The summed E-state index contributed by atoms with van der Waals surface area (Å²) in [5.41, 5.74) is 0.326. The molecule has 0 saturated heterocycles. The van der Waals surface area contributed by atoms with E-state index in [2.05, 4.69) is 19.4 Å². The topological polar surface area (TPSA) is 101 Å². The first-order valence-corrected chi connectivity index (χ1v) is 3.90. The van der Waals surface area contributed by atoms with Gasteiger partial charge in [0.05, 0.1) is 12.8 Å². The van der Waals surface area contributed by atoms with Gasteiger partial charge in [0.2, 0.25) is 11.2 Å². The van der Waals surface area contributed by atoms with Crippen LogP contribution in [0.5, 0.6) is 0 Å². The van der Waals surface area contributed by atoms with Gasteiger partial charge in [-0.05, 0) is 6.92 Å². The molecule has 0 unspecified atom stereocenters. The molecule has 1 aromatic rings. The monoisotopic (exact) mass is 210 g/mol. The highest BCUT2D eigenvalue weighted by Gasteiger charge is 2.25. The van der Waals surface area contributed by atoms with E-state index in [0.29, 0.717) is 0 Å². The molecule has 0 saturated carbocycles. The molecule has 1 aromatic heterocycles. The fourth-order valence-corrected chi connectivity index (χ4v) is 1.02. The number of aliphatic hydroxyl groups excluding tert-OH is 1. The van der Waals surface area contributed by atoms with Crippen LogP contribution in [0.25, 0.3) is 10.7 Å². The van der Waals surface area contributed by atoms with Gasteiger partial charge in [-0.25, -0.2) is 4.79 Å². The van der Waals surface area contributed by atoms with Crippen molar-refractivity contribution in [1.82, 2.24) is 5.16 Å². The number of aryl methyl sites for hydroxylation is 1. The molecule has 0 spiro atoms. The number of rotatable bonds is 2. The van der Waals surface area contributed by atoms with Gasteiger partial charge in [-0.3, -0.25) is 0 Å². The molecule has 7 nitrogen and oxygen atoms in total. The van der Waals surface area contributed by atoms with Crippen molar-refractivity contribution in [2.45, 2.75) is 6.92 Å². The second kappa shape index (κ2) is 4.23. The van der Waals surface area contributed by atoms with Gasteiger partial charge in [-0.2, -0.15) is 0 Å². The van der Waals surface area contributed by atoms with E-state index in [1.165, 1.54) is 14.0 Å². The van der Waals surface area contributed by atoms with E-state index in [0.717, 1.165) is 6.20 Å². The lowest BCUT2D eigenvalue weighted by Crippen LogP contribution is -2.03. The molecule has 0 amide bonds. The largest absolute Gasteiger partial charge is 0.501 e. The van der Waals surface area contributed by atoms with Gasteiger partial charge >= 0.3 is 12.2 Å². The van der Waals surface area contributed by atoms with E-state index in [9.17, 15) is 9.90 Å². The summed E-state index contributed by atoms with van der Waals surface area (Å²) in [6, 6.07) is 0. The van der Waals surface area contributed by atoms with Crippen molar-refractivity contribution >= 4 is 11.7 Å².